The first-order chi connectivity index (χ1) is 9.78. The molecule has 0 bridgehead atoms. The average molecular weight is 217 g/mol. The van der Waals surface area contributed by atoms with Crippen LogP contribution < -0.4 is 0 Å². The summed E-state index contributed by atoms with van der Waals surface area (Å²) in [4.78, 5) is 6.90. The van der Waals surface area contributed by atoms with Crippen molar-refractivity contribution in [1.29, 1.82) is 0 Å². The van der Waals surface area contributed by atoms with E-state index in [0.29, 0.717) is 18.5 Å². The SMILES string of the molecule is [2H]C([2H])([2H])C([2H])([2H])C1(c2cnc[nH]2)Cc2ccccc2C1. The molecule has 0 aliphatic heterocycles. The minimum absolute atomic E-state index is 0.358. The van der Waals surface area contributed by atoms with Gasteiger partial charge in [0.15, 0.2) is 0 Å². The number of fused-ring (bicyclic) bond motifs is 1. The molecule has 0 atom stereocenters. The summed E-state index contributed by atoms with van der Waals surface area (Å²) in [6, 6.07) is 7.66. The van der Waals surface area contributed by atoms with Gasteiger partial charge in [-0.15, -0.1) is 0 Å². The second-order valence-corrected chi connectivity index (χ2v) is 4.29. The Kier molecular flexibility index (Phi) is 1.23. The van der Waals surface area contributed by atoms with Crippen molar-refractivity contribution < 1.29 is 6.85 Å². The van der Waals surface area contributed by atoms with Crippen LogP contribution in [0, 0.1) is 0 Å². The van der Waals surface area contributed by atoms with E-state index in [4.69, 9.17) is 6.85 Å². The van der Waals surface area contributed by atoms with Crippen LogP contribution in [-0.4, -0.2) is 9.97 Å². The highest BCUT2D eigenvalue weighted by Crippen LogP contribution is 2.41. The molecule has 1 aromatic carbocycles. The smallest absolute Gasteiger partial charge is 0.0921 e. The van der Waals surface area contributed by atoms with Gasteiger partial charge in [-0.3, -0.25) is 0 Å². The summed E-state index contributed by atoms with van der Waals surface area (Å²) in [7, 11) is 0. The summed E-state index contributed by atoms with van der Waals surface area (Å²) in [5, 5.41) is 0. The fourth-order valence-corrected chi connectivity index (χ4v) is 2.48. The molecule has 16 heavy (non-hydrogen) atoms. The van der Waals surface area contributed by atoms with E-state index in [2.05, 4.69) is 9.97 Å². The zero-order valence-corrected chi connectivity index (χ0v) is 8.83. The lowest BCUT2D eigenvalue weighted by Crippen LogP contribution is -2.26. The average Bonchev–Trinajstić information content (AvgIpc) is 3.05. The number of nitrogens with one attached hydrogen (secondary N) is 1. The van der Waals surface area contributed by atoms with Crippen LogP contribution >= 0.6 is 0 Å². The van der Waals surface area contributed by atoms with Crippen LogP contribution in [0.5, 0.6) is 0 Å². The molecule has 3 rings (SSSR count). The molecule has 1 heterocycles. The first-order valence-electron chi connectivity index (χ1n) is 7.84. The highest BCUT2D eigenvalue weighted by atomic mass is 14.9. The maximum Gasteiger partial charge on any atom is 0.0921 e. The Morgan fingerprint density at radius 2 is 2.19 bits per heavy atom. The van der Waals surface area contributed by atoms with Crippen LogP contribution in [0.2, 0.25) is 0 Å². The van der Waals surface area contributed by atoms with Crippen LogP contribution in [-0.2, 0) is 18.3 Å². The molecule has 2 heteroatoms. The number of hydrogen-bond acceptors (Lipinski definition) is 1. The van der Waals surface area contributed by atoms with Gasteiger partial charge in [0, 0.05) is 24.2 Å². The maximum atomic E-state index is 8.33. The number of aromatic nitrogens is 2. The molecular formula is C14H16N2. The van der Waals surface area contributed by atoms with Crippen molar-refractivity contribution >= 4 is 0 Å². The molecule has 0 radical (unpaired) electrons. The van der Waals surface area contributed by atoms with Crippen molar-refractivity contribution in [3.8, 4) is 0 Å². The summed E-state index contributed by atoms with van der Waals surface area (Å²) < 4.78 is 39.6. The van der Waals surface area contributed by atoms with Gasteiger partial charge in [-0.2, -0.15) is 0 Å². The summed E-state index contributed by atoms with van der Waals surface area (Å²) in [5.74, 6) is 0. The summed E-state index contributed by atoms with van der Waals surface area (Å²) in [5.41, 5.74) is 1.40. The number of rotatable bonds is 2. The topological polar surface area (TPSA) is 28.7 Å². The molecule has 2 aromatic rings. The molecule has 0 saturated heterocycles. The third-order valence-electron chi connectivity index (χ3n) is 3.36. The Hall–Kier alpha value is -1.57. The van der Waals surface area contributed by atoms with Crippen LogP contribution in [0.4, 0.5) is 0 Å². The van der Waals surface area contributed by atoms with Crippen molar-refractivity contribution in [2.45, 2.75) is 31.5 Å². The van der Waals surface area contributed by atoms with Gasteiger partial charge in [0.2, 0.25) is 0 Å². The van der Waals surface area contributed by atoms with Crippen molar-refractivity contribution in [3.05, 3.63) is 53.6 Å². The highest BCUT2D eigenvalue weighted by Gasteiger charge is 2.38. The largest absolute Gasteiger partial charge is 0.348 e. The van der Waals surface area contributed by atoms with Gasteiger partial charge in [0.25, 0.3) is 0 Å². The quantitative estimate of drug-likeness (QED) is 0.823. The standard InChI is InChI=1S/C14H16N2/c1-2-14(13-9-15-10-16-13)7-11-5-3-4-6-12(11)8-14/h3-6,9-10H,2,7-8H2,1H3,(H,15,16)/i1D3,2D2. The normalized spacial score (nSPS) is 23.6. The van der Waals surface area contributed by atoms with Crippen LogP contribution in [0.1, 0.15) is 36.9 Å². The van der Waals surface area contributed by atoms with E-state index < -0.39 is 18.6 Å². The van der Waals surface area contributed by atoms with E-state index in [9.17, 15) is 0 Å². The molecule has 1 N–H and O–H groups in total. The predicted molar refractivity (Wildman–Crippen MR) is 64.4 cm³/mol. The Bertz CT molecular complexity index is 621. The van der Waals surface area contributed by atoms with Gasteiger partial charge in [0.05, 0.1) is 6.33 Å². The molecule has 0 unspecified atom stereocenters. The fourth-order valence-electron chi connectivity index (χ4n) is 2.48. The molecule has 1 aromatic heterocycles. The number of benzene rings is 1. The first-order valence-corrected chi connectivity index (χ1v) is 5.34. The Balaban J connectivity index is 2.17. The molecule has 1 aliphatic carbocycles. The molecule has 2 nitrogen and oxygen atoms in total. The third-order valence-corrected chi connectivity index (χ3v) is 3.36. The zero-order valence-electron chi connectivity index (χ0n) is 13.8. The monoisotopic (exact) mass is 217 g/mol. The van der Waals surface area contributed by atoms with E-state index >= 15 is 0 Å². The molecule has 0 spiro atoms. The predicted octanol–water partition coefficient (Wildman–Crippen LogP) is 2.86. The molecule has 1 aliphatic rings. The first kappa shape index (κ1) is 5.67. The molecule has 0 saturated carbocycles. The van der Waals surface area contributed by atoms with Gasteiger partial charge in [0.1, 0.15) is 0 Å². The number of aromatic amines is 1. The van der Waals surface area contributed by atoms with E-state index in [-0.39, 0.29) is 0 Å². The van der Waals surface area contributed by atoms with Gasteiger partial charge < -0.3 is 4.98 Å². The van der Waals surface area contributed by atoms with Crippen LogP contribution in [0.25, 0.3) is 0 Å². The number of nitrogens with zero attached hydrogens (tertiary/aromatic N) is 1. The molecule has 0 amide bonds. The van der Waals surface area contributed by atoms with Crippen molar-refractivity contribution in [3.63, 3.8) is 0 Å². The van der Waals surface area contributed by atoms with Crippen molar-refractivity contribution in [2.75, 3.05) is 0 Å². The van der Waals surface area contributed by atoms with E-state index in [1.54, 1.807) is 0 Å². The Morgan fingerprint density at radius 3 is 2.75 bits per heavy atom. The summed E-state index contributed by atoms with van der Waals surface area (Å²) in [6.45, 7) is -2.71. The number of imidazole rings is 1. The lowest BCUT2D eigenvalue weighted by molar-refractivity contribution is 0.424. The van der Waals surface area contributed by atoms with Crippen molar-refractivity contribution in [1.82, 2.24) is 9.97 Å². The second-order valence-electron chi connectivity index (χ2n) is 4.29. The van der Waals surface area contributed by atoms with E-state index in [1.807, 2.05) is 24.3 Å². The summed E-state index contributed by atoms with van der Waals surface area (Å²) >= 11 is 0. The minimum Gasteiger partial charge on any atom is -0.348 e. The van der Waals surface area contributed by atoms with Gasteiger partial charge in [-0.25, -0.2) is 4.98 Å². The van der Waals surface area contributed by atoms with E-state index in [0.717, 1.165) is 11.1 Å². The van der Waals surface area contributed by atoms with Crippen LogP contribution in [0.3, 0.4) is 0 Å². The number of hydrogen-bond donors (Lipinski definition) is 1. The number of H-pyrrole nitrogens is 1. The molecule has 0 fully saturated rings. The lowest BCUT2D eigenvalue weighted by atomic mass is 9.79. The maximum absolute atomic E-state index is 8.33. The zero-order chi connectivity index (χ0) is 15.3. The lowest BCUT2D eigenvalue weighted by Gasteiger charge is -2.25. The third kappa shape index (κ3) is 1.29. The van der Waals surface area contributed by atoms with Crippen LogP contribution in [0.15, 0.2) is 36.8 Å². The van der Waals surface area contributed by atoms with Gasteiger partial charge in [-0.05, 0) is 30.3 Å². The Labute approximate surface area is 103 Å². The fraction of sp³-hybridized carbons (Fsp3) is 0.357. The highest BCUT2D eigenvalue weighted by molar-refractivity contribution is 5.39. The molecule has 82 valence electrons. The van der Waals surface area contributed by atoms with E-state index in [1.165, 1.54) is 12.5 Å². The molecular weight excluding hydrogens is 196 g/mol. The minimum atomic E-state index is -2.71. The summed E-state index contributed by atoms with van der Waals surface area (Å²) in [6.07, 6.45) is 1.37. The van der Waals surface area contributed by atoms with Gasteiger partial charge in [-0.1, -0.05) is 31.1 Å². The Morgan fingerprint density at radius 1 is 1.44 bits per heavy atom. The second kappa shape index (κ2) is 3.48. The van der Waals surface area contributed by atoms with Crippen molar-refractivity contribution in [2.24, 2.45) is 0 Å². The van der Waals surface area contributed by atoms with Gasteiger partial charge >= 0.3 is 0 Å².